The van der Waals surface area contributed by atoms with Crippen LogP contribution in [-0.4, -0.2) is 20.6 Å². The molecule has 0 aliphatic carbocycles. The van der Waals surface area contributed by atoms with Crippen molar-refractivity contribution in [2.45, 2.75) is 0 Å². The Morgan fingerprint density at radius 3 is 2.95 bits per heavy atom. The van der Waals surface area contributed by atoms with Crippen molar-refractivity contribution in [2.24, 2.45) is 0 Å². The lowest BCUT2D eigenvalue weighted by atomic mass is 10.2. The number of tetrazole rings is 1. The summed E-state index contributed by atoms with van der Waals surface area (Å²) in [5, 5.41) is 24.6. The molecular formula is C12H7FN6. The van der Waals surface area contributed by atoms with E-state index in [2.05, 4.69) is 31.9 Å². The van der Waals surface area contributed by atoms with Gasteiger partial charge >= 0.3 is 0 Å². The molecule has 2 aromatic rings. The molecule has 0 unspecified atom stereocenters. The summed E-state index contributed by atoms with van der Waals surface area (Å²) >= 11 is 0. The molecule has 2 N–H and O–H groups in total. The van der Waals surface area contributed by atoms with Crippen molar-refractivity contribution < 1.29 is 4.39 Å². The number of benzene rings is 1. The minimum absolute atomic E-state index is 0.149. The third-order valence-corrected chi connectivity index (χ3v) is 2.21. The van der Waals surface area contributed by atoms with Gasteiger partial charge < -0.3 is 5.32 Å². The largest absolute Gasteiger partial charge is 0.360 e. The van der Waals surface area contributed by atoms with Gasteiger partial charge in [0, 0.05) is 11.9 Å². The van der Waals surface area contributed by atoms with Gasteiger partial charge in [-0.25, -0.2) is 4.39 Å². The Bertz CT molecular complexity index is 690. The molecule has 19 heavy (non-hydrogen) atoms. The lowest BCUT2D eigenvalue weighted by molar-refractivity contribution is 0.625. The quantitative estimate of drug-likeness (QED) is 0.636. The van der Waals surface area contributed by atoms with Crippen LogP contribution in [-0.2, 0) is 0 Å². The third kappa shape index (κ3) is 2.73. The molecule has 0 saturated carbocycles. The number of halogens is 1. The number of hydrogen-bond donors (Lipinski definition) is 2. The predicted octanol–water partition coefficient (Wildman–Crippen LogP) is 1.30. The highest BCUT2D eigenvalue weighted by Gasteiger charge is 2.06. The second kappa shape index (κ2) is 5.43. The van der Waals surface area contributed by atoms with Crippen molar-refractivity contribution in [3.63, 3.8) is 0 Å². The summed E-state index contributed by atoms with van der Waals surface area (Å²) < 4.78 is 13.4. The minimum Gasteiger partial charge on any atom is -0.360 e. The van der Waals surface area contributed by atoms with E-state index in [-0.39, 0.29) is 17.0 Å². The second-order valence-corrected chi connectivity index (χ2v) is 3.39. The van der Waals surface area contributed by atoms with Crippen LogP contribution in [0.2, 0.25) is 0 Å². The molecule has 1 aromatic carbocycles. The van der Waals surface area contributed by atoms with Crippen molar-refractivity contribution in [3.05, 3.63) is 41.6 Å². The van der Waals surface area contributed by atoms with E-state index in [4.69, 9.17) is 11.7 Å². The number of terminal acetylenes is 1. The standard InChI is InChI=1S/C12H7FN6/c1-2-8-3-4-10(5-11(8)13)15-7-9(6-14)12-16-18-19-17-12/h1,3-5,7,15H,(H,16,17,18,19). The van der Waals surface area contributed by atoms with Gasteiger partial charge in [0.2, 0.25) is 5.82 Å². The average Bonchev–Trinajstić information content (AvgIpc) is 2.94. The molecule has 0 atom stereocenters. The average molecular weight is 254 g/mol. The van der Waals surface area contributed by atoms with Gasteiger partial charge in [0.05, 0.1) is 5.56 Å². The molecule has 0 aliphatic heterocycles. The number of nitriles is 1. The fourth-order valence-electron chi connectivity index (χ4n) is 1.30. The number of aromatic nitrogens is 4. The van der Waals surface area contributed by atoms with E-state index < -0.39 is 5.82 Å². The first-order valence-corrected chi connectivity index (χ1v) is 5.11. The maximum atomic E-state index is 13.4. The van der Waals surface area contributed by atoms with Crippen molar-refractivity contribution in [2.75, 3.05) is 5.32 Å². The lowest BCUT2D eigenvalue weighted by Gasteiger charge is -2.02. The number of rotatable bonds is 3. The van der Waals surface area contributed by atoms with Crippen LogP contribution in [0, 0.1) is 29.5 Å². The highest BCUT2D eigenvalue weighted by molar-refractivity contribution is 5.74. The van der Waals surface area contributed by atoms with Gasteiger partial charge in [-0.1, -0.05) is 5.92 Å². The fourth-order valence-corrected chi connectivity index (χ4v) is 1.30. The zero-order chi connectivity index (χ0) is 13.7. The Morgan fingerprint density at radius 1 is 1.53 bits per heavy atom. The first-order valence-electron chi connectivity index (χ1n) is 5.11. The van der Waals surface area contributed by atoms with Gasteiger partial charge in [0.25, 0.3) is 0 Å². The Hall–Kier alpha value is -3.19. The minimum atomic E-state index is -0.515. The molecule has 0 saturated heterocycles. The fraction of sp³-hybridized carbons (Fsp3) is 0. The van der Waals surface area contributed by atoms with Crippen molar-refractivity contribution in [1.29, 1.82) is 5.26 Å². The van der Waals surface area contributed by atoms with Crippen LogP contribution in [0.5, 0.6) is 0 Å². The van der Waals surface area contributed by atoms with Gasteiger partial charge in [-0.15, -0.1) is 16.6 Å². The lowest BCUT2D eigenvalue weighted by Crippen LogP contribution is -1.94. The van der Waals surface area contributed by atoms with Crippen molar-refractivity contribution in [3.8, 4) is 18.4 Å². The summed E-state index contributed by atoms with van der Waals surface area (Å²) in [5.74, 6) is 1.85. The Morgan fingerprint density at radius 2 is 2.37 bits per heavy atom. The van der Waals surface area contributed by atoms with Crippen LogP contribution < -0.4 is 5.32 Å². The molecule has 0 aliphatic rings. The van der Waals surface area contributed by atoms with Crippen molar-refractivity contribution >= 4 is 11.3 Å². The molecule has 92 valence electrons. The molecule has 0 amide bonds. The number of anilines is 1. The van der Waals surface area contributed by atoms with Crippen LogP contribution in [0.4, 0.5) is 10.1 Å². The van der Waals surface area contributed by atoms with Gasteiger partial charge in [-0.2, -0.15) is 10.5 Å². The van der Waals surface area contributed by atoms with Gasteiger partial charge in [0.1, 0.15) is 17.5 Å². The van der Waals surface area contributed by atoms with Gasteiger partial charge in [0.15, 0.2) is 0 Å². The first-order chi connectivity index (χ1) is 9.24. The highest BCUT2D eigenvalue weighted by atomic mass is 19.1. The zero-order valence-corrected chi connectivity index (χ0v) is 9.55. The maximum Gasteiger partial charge on any atom is 0.216 e. The number of nitrogens with zero attached hydrogens (tertiary/aromatic N) is 4. The smallest absolute Gasteiger partial charge is 0.216 e. The number of hydrogen-bond acceptors (Lipinski definition) is 5. The van der Waals surface area contributed by atoms with Crippen molar-refractivity contribution in [1.82, 2.24) is 20.6 Å². The summed E-state index contributed by atoms with van der Waals surface area (Å²) in [6, 6.07) is 6.19. The van der Waals surface area contributed by atoms with E-state index >= 15 is 0 Å². The van der Waals surface area contributed by atoms with E-state index in [0.29, 0.717) is 5.69 Å². The molecule has 0 fully saturated rings. The van der Waals surface area contributed by atoms with Gasteiger partial charge in [-0.05, 0) is 23.4 Å². The highest BCUT2D eigenvalue weighted by Crippen LogP contribution is 2.15. The summed E-state index contributed by atoms with van der Waals surface area (Å²) in [6.07, 6.45) is 6.47. The number of aromatic amines is 1. The summed E-state index contributed by atoms with van der Waals surface area (Å²) in [5.41, 5.74) is 0.788. The van der Waals surface area contributed by atoms with E-state index in [1.165, 1.54) is 18.3 Å². The molecule has 6 nitrogen and oxygen atoms in total. The Balaban J connectivity index is 2.20. The second-order valence-electron chi connectivity index (χ2n) is 3.39. The SMILES string of the molecule is C#Cc1ccc(NC=C(C#N)c2nn[nH]n2)cc1F. The van der Waals surface area contributed by atoms with Crippen LogP contribution in [0.3, 0.4) is 0 Å². The van der Waals surface area contributed by atoms with Crippen LogP contribution in [0.25, 0.3) is 5.57 Å². The molecule has 0 spiro atoms. The number of allylic oxidation sites excluding steroid dienone is 1. The Kier molecular flexibility index (Phi) is 3.51. The molecule has 1 aromatic heterocycles. The van der Waals surface area contributed by atoms with Crippen LogP contribution in [0.15, 0.2) is 24.4 Å². The topological polar surface area (TPSA) is 90.3 Å². The summed E-state index contributed by atoms with van der Waals surface area (Å²) in [6.45, 7) is 0. The maximum absolute atomic E-state index is 13.4. The third-order valence-electron chi connectivity index (χ3n) is 2.21. The first kappa shape index (κ1) is 12.3. The van der Waals surface area contributed by atoms with Crippen LogP contribution >= 0.6 is 0 Å². The summed E-state index contributed by atoms with van der Waals surface area (Å²) in [7, 11) is 0. The molecule has 1 heterocycles. The van der Waals surface area contributed by atoms with Crippen LogP contribution in [0.1, 0.15) is 11.4 Å². The molecule has 0 radical (unpaired) electrons. The normalized spacial score (nSPS) is 10.6. The van der Waals surface area contributed by atoms with E-state index in [9.17, 15) is 4.39 Å². The molecule has 0 bridgehead atoms. The predicted molar refractivity (Wildman–Crippen MR) is 65.7 cm³/mol. The Labute approximate surface area is 108 Å². The number of nitrogens with one attached hydrogen (secondary N) is 2. The molecule has 7 heteroatoms. The van der Waals surface area contributed by atoms with E-state index in [0.717, 1.165) is 0 Å². The monoisotopic (exact) mass is 254 g/mol. The van der Waals surface area contributed by atoms with Gasteiger partial charge in [-0.3, -0.25) is 0 Å². The van der Waals surface area contributed by atoms with E-state index in [1.54, 1.807) is 6.07 Å². The van der Waals surface area contributed by atoms with E-state index in [1.807, 2.05) is 6.07 Å². The number of H-pyrrole nitrogens is 1. The molecular weight excluding hydrogens is 247 g/mol. The zero-order valence-electron chi connectivity index (χ0n) is 9.55. The molecule has 2 rings (SSSR count). The summed E-state index contributed by atoms with van der Waals surface area (Å²) in [4.78, 5) is 0.